The number of carboxylic acids is 1. The smallest absolute Gasteiger partial charge is 0.309 e. The fraction of sp³-hybridized carbons (Fsp3) is 0.515. The Hall–Kier alpha value is -3.19. The van der Waals surface area contributed by atoms with Crippen LogP contribution in [-0.4, -0.2) is 47.0 Å². The number of aliphatic carboxylic acids is 1. The Morgan fingerprint density at radius 3 is 2.55 bits per heavy atom. The second-order valence-corrected chi connectivity index (χ2v) is 12.5. The number of allylic oxidation sites excluding steroid dienone is 2. The summed E-state index contributed by atoms with van der Waals surface area (Å²) in [5, 5.41) is 13.9. The lowest BCUT2D eigenvalue weighted by molar-refractivity contribution is -0.149. The first kappa shape index (κ1) is 27.0. The molecule has 1 saturated heterocycles. The van der Waals surface area contributed by atoms with Crippen LogP contribution in [0.1, 0.15) is 82.3 Å². The van der Waals surface area contributed by atoms with Gasteiger partial charge in [0.15, 0.2) is 5.60 Å². The van der Waals surface area contributed by atoms with Crippen molar-refractivity contribution in [2.45, 2.75) is 83.3 Å². The van der Waals surface area contributed by atoms with Crippen LogP contribution >= 0.6 is 0 Å². The Morgan fingerprint density at radius 2 is 1.93 bits per heavy atom. The van der Waals surface area contributed by atoms with E-state index in [2.05, 4.69) is 28.3 Å². The first-order chi connectivity index (χ1) is 19.3. The molecule has 3 fully saturated rings. The quantitative estimate of drug-likeness (QED) is 0.383. The summed E-state index contributed by atoms with van der Waals surface area (Å²) in [5.74, 6) is 0.467. The van der Waals surface area contributed by atoms with Crippen LogP contribution in [0, 0.1) is 11.2 Å². The molecule has 2 aromatic rings. The summed E-state index contributed by atoms with van der Waals surface area (Å²) in [6.45, 7) is 6.90. The second-order valence-electron chi connectivity index (χ2n) is 12.5. The molecule has 2 aliphatic carbocycles. The largest absolute Gasteiger partial charge is 0.493 e. The van der Waals surface area contributed by atoms with Crippen LogP contribution in [0.4, 0.5) is 4.39 Å². The third-order valence-corrected chi connectivity index (χ3v) is 9.34. The van der Waals surface area contributed by atoms with E-state index < -0.39 is 11.4 Å². The summed E-state index contributed by atoms with van der Waals surface area (Å²) in [6.07, 6.45) is 9.49. The predicted molar refractivity (Wildman–Crippen MR) is 153 cm³/mol. The van der Waals surface area contributed by atoms with E-state index in [-0.39, 0.29) is 11.4 Å². The van der Waals surface area contributed by atoms with E-state index >= 15 is 0 Å². The molecule has 7 heteroatoms. The van der Waals surface area contributed by atoms with Gasteiger partial charge in [-0.05, 0) is 99.3 Å². The number of ether oxygens (including phenoxy) is 1. The molecule has 4 aliphatic rings. The van der Waals surface area contributed by atoms with E-state index in [0.717, 1.165) is 61.5 Å². The summed E-state index contributed by atoms with van der Waals surface area (Å²) < 4.78 is 19.9. The molecule has 2 aliphatic heterocycles. The van der Waals surface area contributed by atoms with Crippen molar-refractivity contribution < 1.29 is 23.9 Å². The van der Waals surface area contributed by atoms with E-state index in [1.165, 1.54) is 48.1 Å². The van der Waals surface area contributed by atoms with Crippen LogP contribution < -0.4 is 4.74 Å². The molecule has 0 atom stereocenters. The molecule has 0 radical (unpaired) electrons. The van der Waals surface area contributed by atoms with Gasteiger partial charge in [0.05, 0.1) is 17.7 Å². The highest BCUT2D eigenvalue weighted by atomic mass is 19.1. The van der Waals surface area contributed by atoms with Crippen molar-refractivity contribution in [3.05, 3.63) is 65.0 Å². The fourth-order valence-corrected chi connectivity index (χ4v) is 6.68. The molecule has 2 aromatic carbocycles. The lowest BCUT2D eigenvalue weighted by Crippen LogP contribution is -2.61. The van der Waals surface area contributed by atoms with Gasteiger partial charge in [0.2, 0.25) is 0 Å². The van der Waals surface area contributed by atoms with Crippen molar-refractivity contribution in [3.63, 3.8) is 0 Å². The van der Waals surface area contributed by atoms with Gasteiger partial charge >= 0.3 is 5.97 Å². The monoisotopic (exact) mass is 546 g/mol. The van der Waals surface area contributed by atoms with Gasteiger partial charge in [-0.25, -0.2) is 4.39 Å². The second kappa shape index (κ2) is 10.7. The Labute approximate surface area is 235 Å². The number of hydrogen-bond acceptors (Lipinski definition) is 5. The molecule has 2 heterocycles. The van der Waals surface area contributed by atoms with Crippen molar-refractivity contribution in [2.75, 3.05) is 19.7 Å². The zero-order chi connectivity index (χ0) is 27.9. The normalized spacial score (nSPS) is 24.2. The summed E-state index contributed by atoms with van der Waals surface area (Å²) >= 11 is 0. The topological polar surface area (TPSA) is 71.4 Å². The van der Waals surface area contributed by atoms with Crippen molar-refractivity contribution in [3.8, 4) is 16.9 Å². The Bertz CT molecular complexity index is 1330. The van der Waals surface area contributed by atoms with Crippen LogP contribution in [0.5, 0.6) is 5.75 Å². The van der Waals surface area contributed by atoms with Crippen LogP contribution in [0.15, 0.2) is 53.2 Å². The van der Waals surface area contributed by atoms with Gasteiger partial charge in [-0.15, -0.1) is 0 Å². The molecule has 0 amide bonds. The SMILES string of the molecule is CCOc1cc(CN2CC3(CC(C=C4CCC(C)(C(=O)O)CC4)=NO3)C2)cc(C2CCC2)c1-c1ccc(F)cc1. The molecule has 0 unspecified atom stereocenters. The van der Waals surface area contributed by atoms with Gasteiger partial charge in [-0.2, -0.15) is 0 Å². The van der Waals surface area contributed by atoms with Crippen LogP contribution in [0.2, 0.25) is 0 Å². The van der Waals surface area contributed by atoms with Gasteiger partial charge in [-0.1, -0.05) is 35.3 Å². The summed E-state index contributed by atoms with van der Waals surface area (Å²) in [4.78, 5) is 19.9. The highest BCUT2D eigenvalue weighted by molar-refractivity contribution is 5.97. The minimum absolute atomic E-state index is 0.229. The van der Waals surface area contributed by atoms with Crippen molar-refractivity contribution in [1.29, 1.82) is 0 Å². The zero-order valence-corrected chi connectivity index (χ0v) is 23.5. The van der Waals surface area contributed by atoms with Gasteiger partial charge in [0.1, 0.15) is 11.6 Å². The molecule has 0 bridgehead atoms. The first-order valence-electron chi connectivity index (χ1n) is 14.7. The van der Waals surface area contributed by atoms with Crippen LogP contribution in [0.3, 0.4) is 0 Å². The van der Waals surface area contributed by atoms with Crippen LogP contribution in [-0.2, 0) is 16.2 Å². The number of rotatable bonds is 8. The zero-order valence-electron chi connectivity index (χ0n) is 23.5. The van der Waals surface area contributed by atoms with E-state index in [4.69, 9.17) is 9.57 Å². The predicted octanol–water partition coefficient (Wildman–Crippen LogP) is 7.08. The summed E-state index contributed by atoms with van der Waals surface area (Å²) in [7, 11) is 0. The van der Waals surface area contributed by atoms with Crippen molar-refractivity contribution in [1.82, 2.24) is 4.90 Å². The minimum Gasteiger partial charge on any atom is -0.493 e. The van der Waals surface area contributed by atoms with E-state index in [1.807, 2.05) is 26.0 Å². The lowest BCUT2D eigenvalue weighted by atomic mass is 9.73. The van der Waals surface area contributed by atoms with Gasteiger partial charge in [0.25, 0.3) is 0 Å². The Balaban J connectivity index is 1.12. The number of benzene rings is 2. The third-order valence-electron chi connectivity index (χ3n) is 9.34. The number of halogens is 1. The molecular weight excluding hydrogens is 507 g/mol. The average Bonchev–Trinajstić information content (AvgIpc) is 3.29. The highest BCUT2D eigenvalue weighted by Gasteiger charge is 2.49. The van der Waals surface area contributed by atoms with Crippen molar-refractivity contribution >= 4 is 11.7 Å². The molecule has 1 spiro atoms. The number of nitrogens with zero attached hydrogens (tertiary/aromatic N) is 2. The maximum absolute atomic E-state index is 13.7. The first-order valence-corrected chi connectivity index (χ1v) is 14.7. The number of carbonyl (C=O) groups is 1. The average molecular weight is 547 g/mol. The molecule has 2 saturated carbocycles. The number of oxime groups is 1. The van der Waals surface area contributed by atoms with Crippen LogP contribution in [0.25, 0.3) is 11.1 Å². The number of carboxylic acid groups (broad SMARTS) is 1. The maximum atomic E-state index is 13.7. The molecule has 1 N–H and O–H groups in total. The molecule has 6 rings (SSSR count). The fourth-order valence-electron chi connectivity index (χ4n) is 6.68. The Kier molecular flexibility index (Phi) is 7.19. The highest BCUT2D eigenvalue weighted by Crippen LogP contribution is 2.46. The number of likely N-dealkylation sites (tertiary alicyclic amines) is 1. The minimum atomic E-state index is -0.695. The molecular formula is C33H39FN2O4. The molecule has 40 heavy (non-hydrogen) atoms. The molecule has 212 valence electrons. The molecule has 6 nitrogen and oxygen atoms in total. The van der Waals surface area contributed by atoms with E-state index in [0.29, 0.717) is 25.4 Å². The van der Waals surface area contributed by atoms with Gasteiger partial charge < -0.3 is 14.7 Å². The van der Waals surface area contributed by atoms with Gasteiger partial charge in [0, 0.05) is 31.6 Å². The van der Waals surface area contributed by atoms with E-state index in [1.54, 1.807) is 0 Å². The summed E-state index contributed by atoms with van der Waals surface area (Å²) in [6, 6.07) is 11.3. The standard InChI is InChI=1S/C33H39FN2O4/c1-3-39-29-17-23(16-28(24-5-4-6-24)30(29)25-7-9-26(34)10-8-25)19-36-20-33(21-36)18-27(35-40-33)15-22-11-13-32(2,14-12-22)31(37)38/h7-10,15-17,24H,3-6,11-14,18-21H2,1-2H3,(H,37,38). The number of hydrogen-bond donors (Lipinski definition) is 1. The third kappa shape index (κ3) is 5.28. The maximum Gasteiger partial charge on any atom is 0.309 e. The Morgan fingerprint density at radius 1 is 1.20 bits per heavy atom. The van der Waals surface area contributed by atoms with E-state index in [9.17, 15) is 14.3 Å². The van der Waals surface area contributed by atoms with Crippen molar-refractivity contribution in [2.24, 2.45) is 10.6 Å². The molecule has 0 aromatic heterocycles. The van der Waals surface area contributed by atoms with Gasteiger partial charge in [-0.3, -0.25) is 9.69 Å². The summed E-state index contributed by atoms with van der Waals surface area (Å²) in [5.41, 5.74) is 6.04. The lowest BCUT2D eigenvalue weighted by Gasteiger charge is -2.45.